The summed E-state index contributed by atoms with van der Waals surface area (Å²) < 4.78 is 5.45. The maximum absolute atomic E-state index is 13.1. The first-order valence-corrected chi connectivity index (χ1v) is 10.6. The first-order chi connectivity index (χ1) is 15.8. The molecule has 4 rings (SSSR count). The van der Waals surface area contributed by atoms with Crippen LogP contribution in [0.3, 0.4) is 0 Å². The Morgan fingerprint density at radius 3 is 2.45 bits per heavy atom. The fraction of sp³-hybridized carbons (Fsp3) is 0.304. The van der Waals surface area contributed by atoms with Gasteiger partial charge in [-0.05, 0) is 48.9 Å². The van der Waals surface area contributed by atoms with Gasteiger partial charge >= 0.3 is 0 Å². The summed E-state index contributed by atoms with van der Waals surface area (Å²) in [6.45, 7) is 1.03. The zero-order chi connectivity index (χ0) is 23.5. The van der Waals surface area contributed by atoms with Crippen molar-refractivity contribution in [3.8, 4) is 0 Å². The molecule has 0 aliphatic carbocycles. The fourth-order valence-electron chi connectivity index (χ4n) is 3.93. The smallest absolute Gasteiger partial charge is 0.259 e. The highest BCUT2D eigenvalue weighted by atomic mass is 16.5. The molecule has 2 saturated heterocycles. The molecule has 0 radical (unpaired) electrons. The molecule has 0 aromatic heterocycles. The second-order valence-corrected chi connectivity index (χ2v) is 7.88. The van der Waals surface area contributed by atoms with E-state index in [0.29, 0.717) is 35.6 Å². The van der Waals surface area contributed by atoms with Crippen molar-refractivity contribution in [2.45, 2.75) is 25.0 Å². The van der Waals surface area contributed by atoms with Crippen LogP contribution in [-0.4, -0.2) is 60.6 Å². The fourth-order valence-corrected chi connectivity index (χ4v) is 3.93. The molecule has 33 heavy (non-hydrogen) atoms. The number of ether oxygens (including phenoxy) is 1. The maximum atomic E-state index is 13.1. The number of nitrogen functional groups attached to an aromatic ring is 1. The molecular weight excluding hydrogens is 426 g/mol. The zero-order valence-electron chi connectivity index (χ0n) is 17.9. The average Bonchev–Trinajstić information content (AvgIpc) is 3.25. The van der Waals surface area contributed by atoms with Gasteiger partial charge in [0.05, 0.1) is 6.61 Å². The quantitative estimate of drug-likeness (QED) is 0.378. The van der Waals surface area contributed by atoms with E-state index in [1.54, 1.807) is 47.4 Å². The lowest BCUT2D eigenvalue weighted by Gasteiger charge is -2.34. The zero-order valence-corrected chi connectivity index (χ0v) is 17.9. The normalized spacial score (nSPS) is 19.5. The van der Waals surface area contributed by atoms with Crippen molar-refractivity contribution in [2.75, 3.05) is 34.8 Å². The van der Waals surface area contributed by atoms with Gasteiger partial charge in [0.15, 0.2) is 12.2 Å². The number of amides is 3. The Morgan fingerprint density at radius 2 is 1.82 bits per heavy atom. The molecular formula is C23H25N5O5. The highest BCUT2D eigenvalue weighted by Crippen LogP contribution is 2.28. The second kappa shape index (κ2) is 9.39. The summed E-state index contributed by atoms with van der Waals surface area (Å²) in [6.07, 6.45) is -1.80. The molecule has 2 atom stereocenters. The largest absolute Gasteiger partial charge is 0.384 e. The van der Waals surface area contributed by atoms with Gasteiger partial charge in [0.25, 0.3) is 11.8 Å². The first-order valence-electron chi connectivity index (χ1n) is 10.6. The number of anilines is 3. The van der Waals surface area contributed by atoms with Crippen LogP contribution >= 0.6 is 0 Å². The van der Waals surface area contributed by atoms with Crippen LogP contribution in [0, 0.1) is 5.41 Å². The number of amidine groups is 1. The van der Waals surface area contributed by atoms with Crippen molar-refractivity contribution in [1.82, 2.24) is 0 Å². The Kier molecular flexibility index (Phi) is 6.38. The minimum atomic E-state index is -1.73. The predicted molar refractivity (Wildman–Crippen MR) is 122 cm³/mol. The minimum Gasteiger partial charge on any atom is -0.384 e. The van der Waals surface area contributed by atoms with E-state index in [-0.39, 0.29) is 24.9 Å². The van der Waals surface area contributed by atoms with Gasteiger partial charge in [-0.15, -0.1) is 0 Å². The van der Waals surface area contributed by atoms with Crippen LogP contribution in [0.5, 0.6) is 0 Å². The Bertz CT molecular complexity index is 1090. The van der Waals surface area contributed by atoms with E-state index in [1.165, 1.54) is 4.90 Å². The number of nitrogens with one attached hydrogen (secondary N) is 2. The highest BCUT2D eigenvalue weighted by molar-refractivity contribution is 6.04. The molecule has 172 valence electrons. The third-order valence-corrected chi connectivity index (χ3v) is 5.67. The summed E-state index contributed by atoms with van der Waals surface area (Å²) in [5.74, 6) is -1.39. The van der Waals surface area contributed by atoms with Crippen LogP contribution in [0.15, 0.2) is 48.5 Å². The molecule has 2 aromatic carbocycles. The number of morpholine rings is 1. The predicted octanol–water partition coefficient (Wildman–Crippen LogP) is 0.829. The van der Waals surface area contributed by atoms with Crippen molar-refractivity contribution < 1.29 is 24.2 Å². The number of nitrogens with two attached hydrogens (primary N) is 1. The number of nitrogens with zero attached hydrogens (tertiary/aromatic N) is 2. The lowest BCUT2D eigenvalue weighted by Crippen LogP contribution is -2.55. The van der Waals surface area contributed by atoms with Gasteiger partial charge in [-0.1, -0.05) is 6.07 Å². The van der Waals surface area contributed by atoms with Crippen LogP contribution < -0.4 is 20.9 Å². The van der Waals surface area contributed by atoms with E-state index in [9.17, 15) is 19.5 Å². The number of rotatable bonds is 6. The summed E-state index contributed by atoms with van der Waals surface area (Å²) >= 11 is 0. The van der Waals surface area contributed by atoms with Gasteiger partial charge < -0.3 is 30.7 Å². The van der Waals surface area contributed by atoms with Crippen LogP contribution in [0.2, 0.25) is 0 Å². The number of carbonyl (C=O) groups is 3. The van der Waals surface area contributed by atoms with Gasteiger partial charge in [-0.2, -0.15) is 0 Å². The Balaban J connectivity index is 1.46. The van der Waals surface area contributed by atoms with Crippen LogP contribution in [0.25, 0.3) is 0 Å². The van der Waals surface area contributed by atoms with Crippen molar-refractivity contribution in [3.63, 3.8) is 0 Å². The molecule has 0 spiro atoms. The van der Waals surface area contributed by atoms with Crippen molar-refractivity contribution in [2.24, 2.45) is 5.73 Å². The van der Waals surface area contributed by atoms with Gasteiger partial charge in [0, 0.05) is 42.1 Å². The summed E-state index contributed by atoms with van der Waals surface area (Å²) in [6, 6.07) is 13.3. The summed E-state index contributed by atoms with van der Waals surface area (Å²) in [7, 11) is 0. The lowest BCUT2D eigenvalue weighted by molar-refractivity contribution is -0.150. The number of aliphatic hydroxyl groups is 1. The summed E-state index contributed by atoms with van der Waals surface area (Å²) in [5.41, 5.74) is 7.57. The topological polar surface area (TPSA) is 149 Å². The third kappa shape index (κ3) is 4.71. The SMILES string of the molecule is N=C(N)c1ccc(NC(=O)C(O)[C@H]2OCCN(c3cccc(N4CCCC4=O)c3)C2=O)cc1. The van der Waals surface area contributed by atoms with E-state index in [2.05, 4.69) is 5.32 Å². The maximum Gasteiger partial charge on any atom is 0.259 e. The Morgan fingerprint density at radius 1 is 1.12 bits per heavy atom. The molecule has 10 nitrogen and oxygen atoms in total. The van der Waals surface area contributed by atoms with Crippen LogP contribution in [0.4, 0.5) is 17.1 Å². The van der Waals surface area contributed by atoms with Gasteiger partial charge in [0.1, 0.15) is 5.84 Å². The van der Waals surface area contributed by atoms with Crippen LogP contribution in [-0.2, 0) is 19.1 Å². The number of benzene rings is 2. The van der Waals surface area contributed by atoms with Crippen molar-refractivity contribution in [1.29, 1.82) is 5.41 Å². The summed E-state index contributed by atoms with van der Waals surface area (Å²) in [4.78, 5) is 40.9. The molecule has 0 bridgehead atoms. The highest BCUT2D eigenvalue weighted by Gasteiger charge is 2.39. The standard InChI is InChI=1S/C23H25N5O5/c24-21(25)14-6-8-15(9-7-14)26-22(31)19(30)20-23(32)28(11-12-33-20)17-4-1-3-16(13-17)27-10-2-5-18(27)29/h1,3-4,6-9,13,19-20,30H,2,5,10-12H2,(H3,24,25)(H,26,31)/t19?,20-/m1/s1. The van der Waals surface area contributed by atoms with E-state index in [1.807, 2.05) is 6.07 Å². The molecule has 5 N–H and O–H groups in total. The molecule has 10 heteroatoms. The van der Waals surface area contributed by atoms with E-state index in [4.69, 9.17) is 15.9 Å². The van der Waals surface area contributed by atoms with Gasteiger partial charge in [-0.25, -0.2) is 0 Å². The van der Waals surface area contributed by atoms with Crippen LogP contribution in [0.1, 0.15) is 18.4 Å². The molecule has 3 amide bonds. The van der Waals surface area contributed by atoms with Crippen molar-refractivity contribution in [3.05, 3.63) is 54.1 Å². The molecule has 2 aliphatic rings. The number of carbonyl (C=O) groups excluding carboxylic acids is 3. The number of hydrogen-bond donors (Lipinski definition) is 4. The first kappa shape index (κ1) is 22.4. The van der Waals surface area contributed by atoms with E-state index in [0.717, 1.165) is 6.42 Å². The lowest BCUT2D eigenvalue weighted by atomic mass is 10.1. The number of aliphatic hydroxyl groups excluding tert-OH is 1. The van der Waals surface area contributed by atoms with E-state index < -0.39 is 24.0 Å². The molecule has 2 aliphatic heterocycles. The van der Waals surface area contributed by atoms with Gasteiger partial charge in [-0.3, -0.25) is 19.8 Å². The molecule has 2 fully saturated rings. The average molecular weight is 451 g/mol. The Labute approximate surface area is 190 Å². The van der Waals surface area contributed by atoms with Gasteiger partial charge in [0.2, 0.25) is 5.91 Å². The molecule has 1 unspecified atom stereocenters. The molecule has 0 saturated carbocycles. The summed E-state index contributed by atoms with van der Waals surface area (Å²) in [5, 5.41) is 20.5. The second-order valence-electron chi connectivity index (χ2n) is 7.88. The Hall–Kier alpha value is -3.76. The third-order valence-electron chi connectivity index (χ3n) is 5.67. The molecule has 2 aromatic rings. The molecule has 2 heterocycles. The number of hydrogen-bond acceptors (Lipinski definition) is 6. The van der Waals surface area contributed by atoms with Crippen molar-refractivity contribution >= 4 is 40.6 Å². The monoisotopic (exact) mass is 451 g/mol. The minimum absolute atomic E-state index is 0.0433. The van der Waals surface area contributed by atoms with E-state index >= 15 is 0 Å².